The lowest BCUT2D eigenvalue weighted by molar-refractivity contribution is -0.120. The fraction of sp³-hybridized carbons (Fsp3) is 0.375. The van der Waals surface area contributed by atoms with Crippen LogP contribution in [-0.4, -0.2) is 27.4 Å². The number of hydrogen-bond donors (Lipinski definition) is 2. The van der Waals surface area contributed by atoms with E-state index in [2.05, 4.69) is 21.6 Å². The molecule has 0 aliphatic rings. The molecule has 0 saturated heterocycles. The summed E-state index contributed by atoms with van der Waals surface area (Å²) in [5.74, 6) is -0.137. The van der Waals surface area contributed by atoms with E-state index in [1.807, 2.05) is 39.8 Å². The number of imide groups is 1. The molecule has 1 unspecified atom stereocenters. The predicted molar refractivity (Wildman–Crippen MR) is 91.4 cm³/mol. The number of carbonyl (C=O) groups is 2. The number of hydrogen-bond acceptors (Lipinski definition) is 6. The number of amides is 3. The first-order chi connectivity index (χ1) is 11.3. The molecule has 2 aromatic rings. The number of aromatic nitrogens is 2. The van der Waals surface area contributed by atoms with E-state index in [0.29, 0.717) is 5.89 Å². The summed E-state index contributed by atoms with van der Waals surface area (Å²) < 4.78 is 5.66. The van der Waals surface area contributed by atoms with E-state index < -0.39 is 17.2 Å². The highest BCUT2D eigenvalue weighted by Crippen LogP contribution is 2.30. The molecule has 0 radical (unpaired) electrons. The van der Waals surface area contributed by atoms with Crippen LogP contribution >= 0.6 is 11.8 Å². The van der Waals surface area contributed by atoms with Gasteiger partial charge in [0.1, 0.15) is 0 Å². The Morgan fingerprint density at radius 2 is 1.79 bits per heavy atom. The first-order valence-electron chi connectivity index (χ1n) is 7.45. The van der Waals surface area contributed by atoms with Crippen LogP contribution in [0.3, 0.4) is 0 Å². The lowest BCUT2D eigenvalue weighted by Crippen LogP contribution is -2.42. The molecule has 0 saturated carbocycles. The third-order valence-corrected chi connectivity index (χ3v) is 4.59. The summed E-state index contributed by atoms with van der Waals surface area (Å²) >= 11 is 1.11. The van der Waals surface area contributed by atoms with Crippen LogP contribution in [0.1, 0.15) is 25.0 Å². The van der Waals surface area contributed by atoms with Gasteiger partial charge in [-0.1, -0.05) is 42.8 Å². The third kappa shape index (κ3) is 4.58. The zero-order valence-corrected chi connectivity index (χ0v) is 14.8. The summed E-state index contributed by atoms with van der Waals surface area (Å²) in [6, 6.07) is 5.08. The number of urea groups is 1. The lowest BCUT2D eigenvalue weighted by Gasteiger charge is -2.16. The normalized spacial score (nSPS) is 12.2. The average molecular weight is 348 g/mol. The highest BCUT2D eigenvalue weighted by atomic mass is 32.2. The molecule has 0 aliphatic heterocycles. The highest BCUT2D eigenvalue weighted by molar-refractivity contribution is 8.00. The number of rotatable bonds is 5. The smallest absolute Gasteiger partial charge is 0.318 e. The van der Waals surface area contributed by atoms with Crippen molar-refractivity contribution in [2.75, 3.05) is 0 Å². The first-order valence-corrected chi connectivity index (χ1v) is 8.33. The maximum absolute atomic E-state index is 12.0. The van der Waals surface area contributed by atoms with E-state index in [-0.39, 0.29) is 11.1 Å². The Kier molecular flexibility index (Phi) is 5.61. The molecule has 0 bridgehead atoms. The van der Waals surface area contributed by atoms with Crippen LogP contribution in [0.2, 0.25) is 0 Å². The molecular weight excluding hydrogens is 328 g/mol. The molecule has 1 aromatic carbocycles. The summed E-state index contributed by atoms with van der Waals surface area (Å²) in [6.45, 7) is 7.70. The fourth-order valence-electron chi connectivity index (χ4n) is 2.27. The zero-order valence-electron chi connectivity index (χ0n) is 14.0. The Balaban J connectivity index is 2.19. The molecular formula is C16H20N4O3S. The Morgan fingerprint density at radius 3 is 2.33 bits per heavy atom. The van der Waals surface area contributed by atoms with Crippen molar-refractivity contribution in [3.05, 3.63) is 29.3 Å². The van der Waals surface area contributed by atoms with Crippen molar-refractivity contribution >= 4 is 23.7 Å². The van der Waals surface area contributed by atoms with Gasteiger partial charge in [0.25, 0.3) is 5.22 Å². The minimum atomic E-state index is -0.882. The summed E-state index contributed by atoms with van der Waals surface area (Å²) in [5, 5.41) is 9.81. The Bertz CT molecular complexity index is 737. The topological polar surface area (TPSA) is 111 Å². The molecule has 1 heterocycles. The molecule has 128 valence electrons. The molecule has 0 fully saturated rings. The molecule has 3 amide bonds. The number of nitrogens with zero attached hydrogens (tertiary/aromatic N) is 2. The minimum absolute atomic E-state index is 0.0501. The van der Waals surface area contributed by atoms with Crippen molar-refractivity contribution in [3.8, 4) is 11.5 Å². The first kappa shape index (κ1) is 18.0. The molecule has 1 aromatic heterocycles. The number of aryl methyl sites for hydroxylation is 2. The molecule has 2 rings (SSSR count). The molecule has 7 nitrogen and oxygen atoms in total. The minimum Gasteiger partial charge on any atom is -0.411 e. The van der Waals surface area contributed by atoms with Crippen LogP contribution in [0.4, 0.5) is 4.79 Å². The van der Waals surface area contributed by atoms with Gasteiger partial charge in [-0.3, -0.25) is 10.1 Å². The summed E-state index contributed by atoms with van der Waals surface area (Å²) in [6.07, 6.45) is 0. The Labute approximate surface area is 144 Å². The van der Waals surface area contributed by atoms with Crippen LogP contribution in [0.15, 0.2) is 27.8 Å². The van der Waals surface area contributed by atoms with Crippen molar-refractivity contribution in [2.45, 2.75) is 38.2 Å². The van der Waals surface area contributed by atoms with Crippen LogP contribution in [0, 0.1) is 19.8 Å². The van der Waals surface area contributed by atoms with Crippen molar-refractivity contribution in [1.29, 1.82) is 0 Å². The van der Waals surface area contributed by atoms with Crippen molar-refractivity contribution in [3.63, 3.8) is 0 Å². The quantitative estimate of drug-likeness (QED) is 0.804. The van der Waals surface area contributed by atoms with E-state index in [9.17, 15) is 9.59 Å². The molecule has 3 N–H and O–H groups in total. The average Bonchev–Trinajstić information content (AvgIpc) is 2.91. The zero-order chi connectivity index (χ0) is 17.9. The summed E-state index contributed by atoms with van der Waals surface area (Å²) in [4.78, 5) is 22.9. The van der Waals surface area contributed by atoms with Crippen molar-refractivity contribution < 1.29 is 14.0 Å². The standard InChI is InChI=1S/C16H20N4O3S/c1-8(2)12(13(21)18-15(17)22)24-16-20-19-14(23-16)11-6-9(3)5-10(4)7-11/h5-8,12H,1-4H3,(H3,17,18,21,22). The SMILES string of the molecule is Cc1cc(C)cc(-c2nnc(SC(C(=O)NC(N)=O)C(C)C)o2)c1. The van der Waals surface area contributed by atoms with Gasteiger partial charge < -0.3 is 10.2 Å². The lowest BCUT2D eigenvalue weighted by atomic mass is 10.1. The monoisotopic (exact) mass is 348 g/mol. The molecule has 0 aliphatic carbocycles. The van der Waals surface area contributed by atoms with E-state index in [0.717, 1.165) is 28.5 Å². The van der Waals surface area contributed by atoms with Gasteiger partial charge in [0.05, 0.1) is 5.25 Å². The van der Waals surface area contributed by atoms with Crippen molar-refractivity contribution in [2.24, 2.45) is 11.7 Å². The molecule has 8 heteroatoms. The molecule has 1 atom stereocenters. The van der Waals surface area contributed by atoms with Crippen molar-refractivity contribution in [1.82, 2.24) is 15.5 Å². The molecule has 0 spiro atoms. The maximum Gasteiger partial charge on any atom is 0.318 e. The van der Waals surface area contributed by atoms with Gasteiger partial charge in [-0.15, -0.1) is 10.2 Å². The summed E-state index contributed by atoms with van der Waals surface area (Å²) in [5.41, 5.74) is 8.02. The second-order valence-electron chi connectivity index (χ2n) is 5.89. The number of thioether (sulfide) groups is 1. The van der Waals surface area contributed by atoms with E-state index in [1.54, 1.807) is 0 Å². The van der Waals surface area contributed by atoms with Gasteiger partial charge in [-0.25, -0.2) is 4.79 Å². The maximum atomic E-state index is 12.0. The highest BCUT2D eigenvalue weighted by Gasteiger charge is 2.27. The van der Waals surface area contributed by atoms with E-state index in [4.69, 9.17) is 10.2 Å². The van der Waals surface area contributed by atoms with Crippen LogP contribution < -0.4 is 11.1 Å². The largest absolute Gasteiger partial charge is 0.411 e. The van der Waals surface area contributed by atoms with E-state index in [1.165, 1.54) is 0 Å². The summed E-state index contributed by atoms with van der Waals surface area (Å²) in [7, 11) is 0. The van der Waals surface area contributed by atoms with Crippen LogP contribution in [-0.2, 0) is 4.79 Å². The number of primary amides is 1. The Hall–Kier alpha value is -2.35. The van der Waals surface area contributed by atoms with Gasteiger partial charge >= 0.3 is 6.03 Å². The van der Waals surface area contributed by atoms with Gasteiger partial charge in [0, 0.05) is 5.56 Å². The number of nitrogens with one attached hydrogen (secondary N) is 1. The second-order valence-corrected chi connectivity index (χ2v) is 6.98. The number of nitrogens with two attached hydrogens (primary N) is 1. The number of carbonyl (C=O) groups excluding carboxylic acids is 2. The predicted octanol–water partition coefficient (Wildman–Crippen LogP) is 2.67. The third-order valence-electron chi connectivity index (χ3n) is 3.21. The van der Waals surface area contributed by atoms with E-state index >= 15 is 0 Å². The van der Waals surface area contributed by atoms with Gasteiger partial charge in [-0.2, -0.15) is 0 Å². The molecule has 24 heavy (non-hydrogen) atoms. The fourth-order valence-corrected chi connectivity index (χ4v) is 3.14. The van der Waals surface area contributed by atoms with Gasteiger partial charge in [0.15, 0.2) is 0 Å². The number of benzene rings is 1. The van der Waals surface area contributed by atoms with Crippen LogP contribution in [0.25, 0.3) is 11.5 Å². The Morgan fingerprint density at radius 1 is 1.17 bits per heavy atom. The second kappa shape index (κ2) is 7.48. The van der Waals surface area contributed by atoms with Crippen LogP contribution in [0.5, 0.6) is 0 Å². The van der Waals surface area contributed by atoms with Gasteiger partial charge in [0.2, 0.25) is 11.8 Å². The van der Waals surface area contributed by atoms with Gasteiger partial charge in [-0.05, 0) is 31.9 Å².